The number of nitrogens with zero attached hydrogens (tertiary/aromatic N) is 3. The number of carbonyl (C=O) groups is 1. The predicted octanol–water partition coefficient (Wildman–Crippen LogP) is 2.45. The van der Waals surface area contributed by atoms with Gasteiger partial charge >= 0.3 is 5.97 Å². The lowest BCUT2D eigenvalue weighted by atomic mass is 10.2. The Hall–Kier alpha value is -2.37. The van der Waals surface area contributed by atoms with Gasteiger partial charge in [-0.1, -0.05) is 23.4 Å². The number of benzene rings is 1. The number of ether oxygens (including phenoxy) is 1. The Balaban J connectivity index is 1.75. The zero-order valence-corrected chi connectivity index (χ0v) is 12.2. The lowest BCUT2D eigenvalue weighted by molar-refractivity contribution is 0.0689. The summed E-state index contributed by atoms with van der Waals surface area (Å²) in [6.45, 7) is 5.00. The minimum atomic E-state index is -1.04. The second kappa shape index (κ2) is 6.88. The molecule has 0 radical (unpaired) electrons. The summed E-state index contributed by atoms with van der Waals surface area (Å²) in [5.74, 6) is -0.135. The zero-order chi connectivity index (χ0) is 15.2. The molecule has 1 N–H and O–H groups in total. The van der Waals surface area contributed by atoms with Gasteiger partial charge in [0.2, 0.25) is 0 Å². The molecule has 0 aliphatic carbocycles. The fourth-order valence-electron chi connectivity index (χ4n) is 2.03. The summed E-state index contributed by atoms with van der Waals surface area (Å²) in [7, 11) is 0. The number of unbranched alkanes of at least 4 members (excludes halogenated alkanes) is 1. The smallest absolute Gasteiger partial charge is 0.358 e. The van der Waals surface area contributed by atoms with Crippen molar-refractivity contribution < 1.29 is 14.6 Å². The summed E-state index contributed by atoms with van der Waals surface area (Å²) >= 11 is 0. The van der Waals surface area contributed by atoms with Crippen molar-refractivity contribution in [1.82, 2.24) is 15.0 Å². The molecule has 0 atom stereocenters. The highest BCUT2D eigenvalue weighted by molar-refractivity contribution is 5.86. The van der Waals surface area contributed by atoms with Crippen LogP contribution in [0.1, 0.15) is 34.6 Å². The number of hydrogen-bond acceptors (Lipinski definition) is 4. The Morgan fingerprint density at radius 1 is 1.29 bits per heavy atom. The molecule has 6 heteroatoms. The summed E-state index contributed by atoms with van der Waals surface area (Å²) in [6.07, 6.45) is 1.73. The third-order valence-electron chi connectivity index (χ3n) is 3.30. The van der Waals surface area contributed by atoms with E-state index >= 15 is 0 Å². The predicted molar refractivity (Wildman–Crippen MR) is 77.6 cm³/mol. The van der Waals surface area contributed by atoms with Gasteiger partial charge in [0.15, 0.2) is 5.69 Å². The van der Waals surface area contributed by atoms with Gasteiger partial charge in [-0.3, -0.25) is 0 Å². The van der Waals surface area contributed by atoms with Gasteiger partial charge in [0.05, 0.1) is 12.3 Å². The Bertz CT molecular complexity index is 622. The number of aromatic nitrogens is 3. The highest BCUT2D eigenvalue weighted by Gasteiger charge is 2.14. The zero-order valence-electron chi connectivity index (χ0n) is 12.2. The van der Waals surface area contributed by atoms with E-state index in [-0.39, 0.29) is 5.69 Å². The Labute approximate surface area is 123 Å². The molecule has 0 spiro atoms. The Morgan fingerprint density at radius 2 is 2.05 bits per heavy atom. The van der Waals surface area contributed by atoms with Gasteiger partial charge < -0.3 is 9.84 Å². The summed E-state index contributed by atoms with van der Waals surface area (Å²) in [5, 5.41) is 16.4. The topological polar surface area (TPSA) is 77.2 Å². The van der Waals surface area contributed by atoms with Crippen LogP contribution in [0.15, 0.2) is 24.3 Å². The molecule has 6 nitrogen and oxygen atoms in total. The van der Waals surface area contributed by atoms with Crippen molar-refractivity contribution in [3.8, 4) is 5.75 Å². The van der Waals surface area contributed by atoms with E-state index in [9.17, 15) is 4.79 Å². The van der Waals surface area contributed by atoms with Crippen LogP contribution in [0.3, 0.4) is 0 Å². The molecule has 1 aromatic carbocycles. The van der Waals surface area contributed by atoms with Crippen LogP contribution in [0.5, 0.6) is 5.75 Å². The molecular formula is C15H19N3O3. The third kappa shape index (κ3) is 3.81. The van der Waals surface area contributed by atoms with Crippen LogP contribution in [0.2, 0.25) is 0 Å². The Morgan fingerprint density at radius 3 is 2.71 bits per heavy atom. The molecule has 112 valence electrons. The summed E-state index contributed by atoms with van der Waals surface area (Å²) < 4.78 is 7.33. The van der Waals surface area contributed by atoms with E-state index in [2.05, 4.69) is 10.3 Å². The first kappa shape index (κ1) is 15.0. The SMILES string of the molecule is Cc1ccccc1OCCCCn1nnc(C(=O)O)c1C. The summed E-state index contributed by atoms with van der Waals surface area (Å²) in [5.41, 5.74) is 1.73. The molecule has 0 aliphatic rings. The number of rotatable bonds is 7. The second-order valence-corrected chi connectivity index (χ2v) is 4.87. The molecule has 1 heterocycles. The van der Waals surface area contributed by atoms with Gasteiger partial charge in [-0.2, -0.15) is 0 Å². The van der Waals surface area contributed by atoms with Crippen LogP contribution in [0, 0.1) is 13.8 Å². The van der Waals surface area contributed by atoms with Crippen molar-refractivity contribution in [1.29, 1.82) is 0 Å². The molecule has 0 unspecified atom stereocenters. The van der Waals surface area contributed by atoms with Crippen molar-refractivity contribution in [2.24, 2.45) is 0 Å². The van der Waals surface area contributed by atoms with Crippen LogP contribution in [-0.4, -0.2) is 32.7 Å². The molecular weight excluding hydrogens is 270 g/mol. The average molecular weight is 289 g/mol. The minimum absolute atomic E-state index is 0.0196. The van der Waals surface area contributed by atoms with Crippen LogP contribution in [-0.2, 0) is 6.54 Å². The van der Waals surface area contributed by atoms with Crippen LogP contribution in [0.25, 0.3) is 0 Å². The largest absolute Gasteiger partial charge is 0.493 e. The normalized spacial score (nSPS) is 10.6. The Kier molecular flexibility index (Phi) is 4.92. The fraction of sp³-hybridized carbons (Fsp3) is 0.400. The van der Waals surface area contributed by atoms with Crippen LogP contribution >= 0.6 is 0 Å². The maximum absolute atomic E-state index is 10.9. The first-order chi connectivity index (χ1) is 10.1. The highest BCUT2D eigenvalue weighted by atomic mass is 16.5. The van der Waals surface area contributed by atoms with Gasteiger partial charge in [-0.15, -0.1) is 5.10 Å². The van der Waals surface area contributed by atoms with E-state index < -0.39 is 5.97 Å². The summed E-state index contributed by atoms with van der Waals surface area (Å²) in [4.78, 5) is 10.9. The lowest BCUT2D eigenvalue weighted by Crippen LogP contribution is -2.06. The molecule has 0 fully saturated rings. The second-order valence-electron chi connectivity index (χ2n) is 4.87. The van der Waals surface area contributed by atoms with Gasteiger partial charge in [0, 0.05) is 6.54 Å². The molecule has 21 heavy (non-hydrogen) atoms. The van der Waals surface area contributed by atoms with E-state index in [1.54, 1.807) is 11.6 Å². The average Bonchev–Trinajstić information content (AvgIpc) is 2.82. The fourth-order valence-corrected chi connectivity index (χ4v) is 2.03. The van der Waals surface area contributed by atoms with E-state index in [1.165, 1.54) is 0 Å². The van der Waals surface area contributed by atoms with Crippen molar-refractivity contribution in [2.75, 3.05) is 6.61 Å². The maximum atomic E-state index is 10.9. The van der Waals surface area contributed by atoms with E-state index in [0.29, 0.717) is 18.8 Å². The number of aromatic carboxylic acids is 1. The monoisotopic (exact) mass is 289 g/mol. The first-order valence-electron chi connectivity index (χ1n) is 6.91. The van der Waals surface area contributed by atoms with Crippen molar-refractivity contribution in [3.05, 3.63) is 41.2 Å². The van der Waals surface area contributed by atoms with Gasteiger partial charge in [-0.05, 0) is 38.3 Å². The number of carboxylic acids is 1. The van der Waals surface area contributed by atoms with Crippen LogP contribution in [0.4, 0.5) is 0 Å². The van der Waals surface area contributed by atoms with E-state index in [1.807, 2.05) is 31.2 Å². The molecule has 0 amide bonds. The molecule has 0 bridgehead atoms. The van der Waals surface area contributed by atoms with Gasteiger partial charge in [0.1, 0.15) is 5.75 Å². The summed E-state index contributed by atoms with van der Waals surface area (Å²) in [6, 6.07) is 7.90. The number of hydrogen-bond donors (Lipinski definition) is 1. The molecule has 2 rings (SSSR count). The van der Waals surface area contributed by atoms with Crippen molar-refractivity contribution in [2.45, 2.75) is 33.2 Å². The molecule has 1 aromatic heterocycles. The van der Waals surface area contributed by atoms with Gasteiger partial charge in [-0.25, -0.2) is 9.48 Å². The number of aryl methyl sites for hydroxylation is 2. The maximum Gasteiger partial charge on any atom is 0.358 e. The molecule has 0 saturated carbocycles. The van der Waals surface area contributed by atoms with Gasteiger partial charge in [0.25, 0.3) is 0 Å². The third-order valence-corrected chi connectivity index (χ3v) is 3.30. The molecule has 2 aromatic rings. The first-order valence-corrected chi connectivity index (χ1v) is 6.91. The van der Waals surface area contributed by atoms with Crippen molar-refractivity contribution in [3.63, 3.8) is 0 Å². The standard InChI is InChI=1S/C15H19N3O3/c1-11-7-3-4-8-13(11)21-10-6-5-9-18-12(2)14(15(19)20)16-17-18/h3-4,7-8H,5-6,9-10H2,1-2H3,(H,19,20). The molecule has 0 aliphatic heterocycles. The van der Waals surface area contributed by atoms with E-state index in [4.69, 9.17) is 9.84 Å². The highest BCUT2D eigenvalue weighted by Crippen LogP contribution is 2.16. The van der Waals surface area contributed by atoms with Crippen molar-refractivity contribution >= 4 is 5.97 Å². The minimum Gasteiger partial charge on any atom is -0.493 e. The van der Waals surface area contributed by atoms with Crippen LogP contribution < -0.4 is 4.74 Å². The number of para-hydroxylation sites is 1. The number of carboxylic acid groups (broad SMARTS) is 1. The molecule has 0 saturated heterocycles. The lowest BCUT2D eigenvalue weighted by Gasteiger charge is -2.08. The van der Waals surface area contributed by atoms with E-state index in [0.717, 1.165) is 24.2 Å². The quantitative estimate of drug-likeness (QED) is 0.792.